The molecule has 0 saturated heterocycles. The van der Waals surface area contributed by atoms with Crippen LogP contribution in [0.1, 0.15) is 261 Å². The average Bonchev–Trinajstić information content (AvgIpc) is 1.40. The molecule has 602 valence electrons. The maximum atomic E-state index is 11.9. The van der Waals surface area contributed by atoms with Crippen molar-refractivity contribution in [3.63, 3.8) is 0 Å². The van der Waals surface area contributed by atoms with Gasteiger partial charge in [-0.15, -0.1) is 0 Å². The zero-order chi connectivity index (χ0) is 80.0. The number of aryl methyl sites for hydroxylation is 1. The van der Waals surface area contributed by atoms with Crippen LogP contribution in [0.4, 0.5) is 5.69 Å². The lowest BCUT2D eigenvalue weighted by molar-refractivity contribution is -0.117. The Morgan fingerprint density at radius 3 is 0.852 bits per heavy atom. The first-order chi connectivity index (χ1) is 55.2. The lowest BCUT2D eigenvalue weighted by Crippen LogP contribution is -2.52. The van der Waals surface area contributed by atoms with E-state index in [1.807, 2.05) is 78.9 Å². The van der Waals surface area contributed by atoms with Crippen LogP contribution in [0.2, 0.25) is 0 Å². The van der Waals surface area contributed by atoms with E-state index < -0.39 is 22.4 Å². The fraction of sp³-hybridized carbons (Fsp3) is 0.581. The number of aliphatic hydroxyl groups is 4. The number of anilines is 1. The van der Waals surface area contributed by atoms with E-state index >= 15 is 0 Å². The number of fused-ring (bicyclic) bond motifs is 20. The number of allylic oxidation sites excluding steroid dienone is 4. The second kappa shape index (κ2) is 31.2. The van der Waals surface area contributed by atoms with Crippen molar-refractivity contribution in [1.82, 2.24) is 0 Å². The lowest BCUT2D eigenvalue weighted by Gasteiger charge is -2.54. The summed E-state index contributed by atoms with van der Waals surface area (Å²) in [6.07, 6.45) is 40.0. The van der Waals surface area contributed by atoms with Crippen molar-refractivity contribution >= 4 is 28.8 Å². The minimum Gasteiger partial charge on any atom is -0.508 e. The van der Waals surface area contributed by atoms with Crippen LogP contribution in [0, 0.1) is 171 Å². The number of phenolic OH excluding ortho intramolecular Hbond substituents is 1. The molecule has 0 radical (unpaired) electrons. The van der Waals surface area contributed by atoms with Gasteiger partial charge in [-0.2, -0.15) is 0 Å². The summed E-state index contributed by atoms with van der Waals surface area (Å²) in [5, 5.41) is 56.1. The van der Waals surface area contributed by atoms with Crippen molar-refractivity contribution in [2.45, 2.75) is 262 Å². The number of nitrogen functional groups attached to an aromatic ring is 1. The number of rotatable bonds is 0. The van der Waals surface area contributed by atoms with Crippen LogP contribution in [0.3, 0.4) is 0 Å². The Balaban J connectivity index is 0.000000111. The van der Waals surface area contributed by atoms with E-state index in [0.29, 0.717) is 124 Å². The summed E-state index contributed by atoms with van der Waals surface area (Å²) in [7, 11) is 0. The Morgan fingerprint density at radius 1 is 0.304 bits per heavy atom. The highest BCUT2D eigenvalue weighted by Gasteiger charge is 2.67. The standard InChI is InChI=1S/C27H32O2.C26H31NO2.C26H30O3.C26H30O2/c1-18-3-5-19(6-4-18)11-15-27(29)16-13-25-24-9-7-20-17-21(28)8-10-22(20)23(24)12-14-26(25,27)2;2*1-25-13-11-22-21-9-7-20(28)16-18(21)4-8-23(22)24(25)12-15-26(25,29)14-10-17-2-5-19(27)6-3-17;1-25-14-12-22-21-10-8-20(27)17-19(21)7-9-23(22)24(25)13-16-26(25,28)15-11-18-5-3-2-4-6-18/h3-6,17,22-25,29H,7-10,12-14,16H2,1-2H3;2-3,5-6,16,21-24,29H,4,7-9,11-13,15,27H2,1H3;2-3,5-6,16,21-24,27,29H,4,7-9,11-13,15H2,1H3;2-6,17,21-24,28H,7-10,12-14,16H2,1H3/t22?,23?,24?,25?,26-,27-;3*21?,22?,23?,24?,25-,26-/m0000/s1. The number of ketones is 4. The van der Waals surface area contributed by atoms with E-state index in [4.69, 9.17) is 5.73 Å². The van der Waals surface area contributed by atoms with Gasteiger partial charge in [0.2, 0.25) is 0 Å². The first-order valence-electron chi connectivity index (χ1n) is 44.9. The smallest absolute Gasteiger partial charge is 0.155 e. The second-order valence-electron chi connectivity index (χ2n) is 40.0. The van der Waals surface area contributed by atoms with Gasteiger partial charge in [0.1, 0.15) is 28.2 Å². The van der Waals surface area contributed by atoms with Crippen LogP contribution in [-0.4, -0.2) is 71.1 Å². The number of carbonyl (C=O) groups excluding carboxylic acids is 4. The van der Waals surface area contributed by atoms with E-state index in [0.717, 1.165) is 195 Å². The number of aromatic hydroxyl groups is 1. The highest BCUT2D eigenvalue weighted by Crippen LogP contribution is 2.70. The zero-order valence-corrected chi connectivity index (χ0v) is 68.9. The molecule has 10 heteroatoms. The Kier molecular flexibility index (Phi) is 21.6. The molecule has 7 N–H and O–H groups in total. The van der Waals surface area contributed by atoms with E-state index in [-0.39, 0.29) is 27.4 Å². The Bertz CT molecular complexity index is 4480. The van der Waals surface area contributed by atoms with Crippen molar-refractivity contribution in [2.75, 3.05) is 5.73 Å². The number of nitrogens with two attached hydrogens (primary N) is 1. The van der Waals surface area contributed by atoms with Gasteiger partial charge in [-0.3, -0.25) is 19.2 Å². The fourth-order valence-corrected chi connectivity index (χ4v) is 28.6. The maximum absolute atomic E-state index is 11.9. The molecular weight excluding hydrogens is 1420 g/mol. The van der Waals surface area contributed by atoms with Crippen LogP contribution in [0.15, 0.2) is 150 Å². The molecule has 24 atom stereocenters. The van der Waals surface area contributed by atoms with Gasteiger partial charge < -0.3 is 31.3 Å². The summed E-state index contributed by atoms with van der Waals surface area (Å²) in [4.78, 5) is 47.5. The zero-order valence-electron chi connectivity index (χ0n) is 68.9. The highest BCUT2D eigenvalue weighted by molar-refractivity contribution is 5.93. The van der Waals surface area contributed by atoms with Gasteiger partial charge in [0.05, 0.1) is 0 Å². The number of hydrogen-bond donors (Lipinski definition) is 6. The van der Waals surface area contributed by atoms with Gasteiger partial charge >= 0.3 is 0 Å². The maximum Gasteiger partial charge on any atom is 0.155 e. The van der Waals surface area contributed by atoms with Gasteiger partial charge in [-0.1, -0.05) is 133 Å². The predicted molar refractivity (Wildman–Crippen MR) is 452 cm³/mol. The number of carbonyl (C=O) groups is 4. The molecule has 0 heterocycles. The van der Waals surface area contributed by atoms with Gasteiger partial charge in [0.25, 0.3) is 0 Å². The second-order valence-corrected chi connectivity index (χ2v) is 40.0. The normalized spacial score (nSPS) is 41.0. The molecule has 12 saturated carbocycles. The van der Waals surface area contributed by atoms with Gasteiger partial charge in [0.15, 0.2) is 23.1 Å². The third-order valence-corrected chi connectivity index (χ3v) is 35.1. The van der Waals surface area contributed by atoms with Crippen LogP contribution in [0.5, 0.6) is 5.75 Å². The quantitative estimate of drug-likeness (QED) is 0.0728. The molecule has 10 nitrogen and oxygen atoms in total. The first kappa shape index (κ1) is 79.7. The molecule has 20 rings (SSSR count). The van der Waals surface area contributed by atoms with Gasteiger partial charge in [-0.05, 0) is 378 Å². The molecule has 4 aromatic carbocycles. The van der Waals surface area contributed by atoms with E-state index in [2.05, 4.69) is 106 Å². The molecule has 0 amide bonds. The molecule has 0 bridgehead atoms. The summed E-state index contributed by atoms with van der Waals surface area (Å²) >= 11 is 0. The van der Waals surface area contributed by atoms with Crippen LogP contribution in [-0.2, 0) is 19.2 Å². The topological polar surface area (TPSA) is 195 Å². The summed E-state index contributed by atoms with van der Waals surface area (Å²) < 4.78 is 0. The summed E-state index contributed by atoms with van der Waals surface area (Å²) in [5.41, 5.74) is 13.0. The summed E-state index contributed by atoms with van der Waals surface area (Å²) in [6, 6.07) is 32.8. The van der Waals surface area contributed by atoms with E-state index in [1.54, 1.807) is 24.3 Å². The molecule has 4 aromatic rings. The molecular formula is C105H123NO9. The van der Waals surface area contributed by atoms with E-state index in [1.165, 1.54) is 60.0 Å². The monoisotopic (exact) mass is 1540 g/mol. The Labute approximate surface area is 684 Å². The molecule has 16 aliphatic rings. The Hall–Kier alpha value is -7.80. The van der Waals surface area contributed by atoms with Crippen LogP contribution >= 0.6 is 0 Å². The molecule has 16 aliphatic carbocycles. The number of benzene rings is 4. The van der Waals surface area contributed by atoms with Gasteiger partial charge in [0, 0.05) is 75.3 Å². The summed E-state index contributed by atoms with van der Waals surface area (Å²) in [6.45, 7) is 11.2. The minimum atomic E-state index is -0.945. The van der Waals surface area contributed by atoms with Crippen molar-refractivity contribution < 1.29 is 44.7 Å². The average molecular weight is 1540 g/mol. The summed E-state index contributed by atoms with van der Waals surface area (Å²) in [5.74, 6) is 37.7. The molecule has 12 fully saturated rings. The molecule has 0 aliphatic heterocycles. The van der Waals surface area contributed by atoms with Crippen molar-refractivity contribution in [1.29, 1.82) is 0 Å². The third kappa shape index (κ3) is 14.5. The number of hydrogen-bond acceptors (Lipinski definition) is 10. The SMILES string of the molecule is C[C@]12CCC3C4CCC(=O)C=C4CCC3C1CC[C@@]2(O)C#Cc1ccc(N)cc1.C[C@]12CCC3C4CCC(=O)C=C4CCC3C1CC[C@@]2(O)C#Cc1ccc(O)cc1.C[C@]12CCC3C4CCC(=O)C=C4CCC3C1CC[C@@]2(O)C#Cc1ccccc1.Cc1ccc(C#C[C@]2(O)CCC3C4CCC5=CC(=O)CCC5C4CC[C@@]32C)cc1. The van der Waals surface area contributed by atoms with Crippen molar-refractivity contribution in [3.05, 3.63) is 178 Å². The van der Waals surface area contributed by atoms with Crippen LogP contribution in [0.25, 0.3) is 0 Å². The predicted octanol–water partition coefficient (Wildman–Crippen LogP) is 19.2. The largest absolute Gasteiger partial charge is 0.508 e. The molecule has 115 heavy (non-hydrogen) atoms. The van der Waals surface area contributed by atoms with Crippen molar-refractivity contribution in [3.8, 4) is 53.1 Å². The van der Waals surface area contributed by atoms with Crippen molar-refractivity contribution in [2.24, 2.45) is 116 Å². The molecule has 16 unspecified atom stereocenters. The highest BCUT2D eigenvalue weighted by atomic mass is 16.3. The third-order valence-electron chi connectivity index (χ3n) is 35.1. The fourth-order valence-electron chi connectivity index (χ4n) is 28.6. The number of phenols is 1. The molecule has 0 spiro atoms. The lowest BCUT2D eigenvalue weighted by atomic mass is 9.50. The van der Waals surface area contributed by atoms with E-state index in [9.17, 15) is 44.7 Å². The minimum absolute atomic E-state index is 0.109. The first-order valence-corrected chi connectivity index (χ1v) is 44.9. The van der Waals surface area contributed by atoms with Crippen LogP contribution < -0.4 is 5.73 Å². The Morgan fingerprint density at radius 2 is 0.565 bits per heavy atom. The molecule has 0 aromatic heterocycles. The van der Waals surface area contributed by atoms with Gasteiger partial charge in [-0.25, -0.2) is 0 Å².